The minimum Gasteiger partial charge on any atom is -0.389 e. The molecule has 0 aromatic rings. The van der Waals surface area contributed by atoms with E-state index in [0.29, 0.717) is 0 Å². The van der Waals surface area contributed by atoms with Gasteiger partial charge in [0.25, 0.3) is 0 Å². The lowest BCUT2D eigenvalue weighted by atomic mass is 10.1. The summed E-state index contributed by atoms with van der Waals surface area (Å²) in [6, 6.07) is 0. The van der Waals surface area contributed by atoms with E-state index in [-0.39, 0.29) is 6.10 Å². The van der Waals surface area contributed by atoms with Gasteiger partial charge < -0.3 is 5.11 Å². The topological polar surface area (TPSA) is 20.2 Å². The zero-order valence-corrected chi connectivity index (χ0v) is 14.6. The Kier molecular flexibility index (Phi) is 10.9. The number of allylic oxidation sites excluding steroid dienone is 3. The summed E-state index contributed by atoms with van der Waals surface area (Å²) < 4.78 is 0. The van der Waals surface area contributed by atoms with Gasteiger partial charge in [0.05, 0.1) is 6.10 Å². The number of unbranched alkanes of at least 4 members (excludes halogenated alkanes) is 4. The fraction of sp³-hybridized carbons (Fsp3) is 0.714. The van der Waals surface area contributed by atoms with Crippen molar-refractivity contribution in [3.63, 3.8) is 0 Å². The van der Waals surface area contributed by atoms with Crippen molar-refractivity contribution >= 4 is 0 Å². The van der Waals surface area contributed by atoms with E-state index in [2.05, 4.69) is 37.8 Å². The third kappa shape index (κ3) is 9.85. The van der Waals surface area contributed by atoms with Crippen LogP contribution in [0.3, 0.4) is 0 Å². The molecule has 1 heteroatoms. The SMILES string of the molecule is CCCC/C=C\C[C@H]1C[C@@H]1CC#C/C=C/[C@@H](O)CCCCC. The molecule has 0 aromatic heterocycles. The van der Waals surface area contributed by atoms with Gasteiger partial charge in [-0.1, -0.05) is 69.9 Å². The van der Waals surface area contributed by atoms with E-state index in [0.717, 1.165) is 31.1 Å². The molecule has 1 saturated carbocycles. The molecule has 1 aliphatic carbocycles. The van der Waals surface area contributed by atoms with Crippen LogP contribution < -0.4 is 0 Å². The summed E-state index contributed by atoms with van der Waals surface area (Å²) in [6.45, 7) is 4.42. The highest BCUT2D eigenvalue weighted by molar-refractivity contribution is 5.17. The summed E-state index contributed by atoms with van der Waals surface area (Å²) in [5.41, 5.74) is 0. The number of rotatable bonds is 11. The summed E-state index contributed by atoms with van der Waals surface area (Å²) in [5.74, 6) is 8.00. The molecule has 0 aliphatic heterocycles. The number of hydrogen-bond donors (Lipinski definition) is 1. The van der Waals surface area contributed by atoms with Crippen LogP contribution in [0, 0.1) is 23.7 Å². The lowest BCUT2D eigenvalue weighted by Gasteiger charge is -2.02. The average molecular weight is 303 g/mol. The van der Waals surface area contributed by atoms with E-state index in [1.165, 1.54) is 44.9 Å². The molecule has 1 N–H and O–H groups in total. The molecular formula is C21H34O. The van der Waals surface area contributed by atoms with Gasteiger partial charge in [0.1, 0.15) is 0 Å². The van der Waals surface area contributed by atoms with Crippen LogP contribution in [0.4, 0.5) is 0 Å². The van der Waals surface area contributed by atoms with Crippen molar-refractivity contribution in [2.45, 2.75) is 84.2 Å². The van der Waals surface area contributed by atoms with Crippen LogP contribution in [0.5, 0.6) is 0 Å². The number of aliphatic hydroxyl groups excluding tert-OH is 1. The number of hydrogen-bond acceptors (Lipinski definition) is 1. The Hall–Kier alpha value is -1.00. The van der Waals surface area contributed by atoms with E-state index in [9.17, 15) is 5.11 Å². The Labute approximate surface area is 137 Å². The highest BCUT2D eigenvalue weighted by Crippen LogP contribution is 2.43. The molecule has 0 unspecified atom stereocenters. The quantitative estimate of drug-likeness (QED) is 0.297. The first-order valence-corrected chi connectivity index (χ1v) is 9.26. The molecule has 3 atom stereocenters. The molecule has 22 heavy (non-hydrogen) atoms. The van der Waals surface area contributed by atoms with Crippen LogP contribution in [0.2, 0.25) is 0 Å². The van der Waals surface area contributed by atoms with Crippen molar-refractivity contribution in [1.82, 2.24) is 0 Å². The molecule has 0 bridgehead atoms. The fourth-order valence-corrected chi connectivity index (χ4v) is 2.67. The Balaban J connectivity index is 2.04. The van der Waals surface area contributed by atoms with Gasteiger partial charge in [0.15, 0.2) is 0 Å². The molecule has 1 rings (SSSR count). The van der Waals surface area contributed by atoms with E-state index < -0.39 is 0 Å². The first kappa shape index (κ1) is 19.0. The van der Waals surface area contributed by atoms with Crippen LogP contribution in [-0.2, 0) is 0 Å². The monoisotopic (exact) mass is 302 g/mol. The maximum absolute atomic E-state index is 9.74. The summed E-state index contributed by atoms with van der Waals surface area (Å²) in [5, 5.41) is 9.74. The molecule has 0 heterocycles. The molecule has 0 aromatic carbocycles. The molecule has 1 nitrogen and oxygen atoms in total. The van der Waals surface area contributed by atoms with Crippen LogP contribution in [0.15, 0.2) is 24.3 Å². The van der Waals surface area contributed by atoms with Gasteiger partial charge in [-0.15, -0.1) is 0 Å². The van der Waals surface area contributed by atoms with E-state index in [4.69, 9.17) is 0 Å². The van der Waals surface area contributed by atoms with Crippen LogP contribution >= 0.6 is 0 Å². The Bertz CT molecular complexity index is 382. The van der Waals surface area contributed by atoms with E-state index >= 15 is 0 Å². The van der Waals surface area contributed by atoms with Crippen molar-refractivity contribution < 1.29 is 5.11 Å². The Morgan fingerprint density at radius 2 is 1.91 bits per heavy atom. The molecular weight excluding hydrogens is 268 g/mol. The van der Waals surface area contributed by atoms with Gasteiger partial charge in [0, 0.05) is 6.42 Å². The Morgan fingerprint density at radius 3 is 2.68 bits per heavy atom. The molecule has 0 spiro atoms. The first-order valence-electron chi connectivity index (χ1n) is 9.26. The average Bonchev–Trinajstić information content (AvgIpc) is 3.25. The third-order valence-corrected chi connectivity index (χ3v) is 4.37. The molecule has 1 aliphatic rings. The van der Waals surface area contributed by atoms with Gasteiger partial charge >= 0.3 is 0 Å². The standard InChI is InChI=1S/C21H34O/c1-3-5-7-8-11-14-19-18-20(19)15-12-9-13-17-21(22)16-10-6-4-2/h8,11,13,17,19-22H,3-7,10,14-16,18H2,1-2H3/b11-8-,17-13+/t19-,20-,21-/m0/s1. The largest absolute Gasteiger partial charge is 0.389 e. The van der Waals surface area contributed by atoms with Crippen LogP contribution in [0.1, 0.15) is 78.1 Å². The predicted octanol–water partition coefficient (Wildman–Crippen LogP) is 5.65. The molecule has 1 fully saturated rings. The summed E-state index contributed by atoms with van der Waals surface area (Å²) in [7, 11) is 0. The first-order chi connectivity index (χ1) is 10.8. The lowest BCUT2D eigenvalue weighted by Crippen LogP contribution is -2.00. The van der Waals surface area contributed by atoms with Gasteiger partial charge in [0.2, 0.25) is 0 Å². The lowest BCUT2D eigenvalue weighted by molar-refractivity contribution is 0.208. The van der Waals surface area contributed by atoms with Crippen molar-refractivity contribution in [3.05, 3.63) is 24.3 Å². The van der Waals surface area contributed by atoms with Crippen molar-refractivity contribution in [3.8, 4) is 11.8 Å². The smallest absolute Gasteiger partial charge is 0.0730 e. The highest BCUT2D eigenvalue weighted by atomic mass is 16.3. The minimum atomic E-state index is -0.317. The molecule has 0 radical (unpaired) electrons. The van der Waals surface area contributed by atoms with Gasteiger partial charge in [-0.2, -0.15) is 0 Å². The number of aliphatic hydroxyl groups is 1. The van der Waals surface area contributed by atoms with E-state index in [1.807, 2.05) is 12.2 Å². The zero-order chi connectivity index (χ0) is 16.0. The normalized spacial score (nSPS) is 22.0. The molecule has 0 amide bonds. The van der Waals surface area contributed by atoms with Gasteiger partial charge in [-0.25, -0.2) is 0 Å². The van der Waals surface area contributed by atoms with Crippen molar-refractivity contribution in [1.29, 1.82) is 0 Å². The second-order valence-electron chi connectivity index (χ2n) is 6.55. The Morgan fingerprint density at radius 1 is 1.09 bits per heavy atom. The van der Waals surface area contributed by atoms with Crippen LogP contribution in [-0.4, -0.2) is 11.2 Å². The van der Waals surface area contributed by atoms with Crippen molar-refractivity contribution in [2.75, 3.05) is 0 Å². The summed E-state index contributed by atoms with van der Waals surface area (Å²) >= 11 is 0. The minimum absolute atomic E-state index is 0.317. The summed E-state index contributed by atoms with van der Waals surface area (Å²) in [4.78, 5) is 0. The second kappa shape index (κ2) is 12.5. The maximum Gasteiger partial charge on any atom is 0.0730 e. The third-order valence-electron chi connectivity index (χ3n) is 4.37. The molecule has 0 saturated heterocycles. The zero-order valence-electron chi connectivity index (χ0n) is 14.6. The van der Waals surface area contributed by atoms with Crippen molar-refractivity contribution in [2.24, 2.45) is 11.8 Å². The van der Waals surface area contributed by atoms with Gasteiger partial charge in [-0.3, -0.25) is 0 Å². The predicted molar refractivity (Wildman–Crippen MR) is 96.6 cm³/mol. The van der Waals surface area contributed by atoms with Crippen LogP contribution in [0.25, 0.3) is 0 Å². The van der Waals surface area contributed by atoms with Gasteiger partial charge in [-0.05, 0) is 49.7 Å². The van der Waals surface area contributed by atoms with E-state index in [1.54, 1.807) is 0 Å². The fourth-order valence-electron chi connectivity index (χ4n) is 2.67. The summed E-state index contributed by atoms with van der Waals surface area (Å²) in [6.07, 6.45) is 19.9. The maximum atomic E-state index is 9.74. The second-order valence-corrected chi connectivity index (χ2v) is 6.55. The highest BCUT2D eigenvalue weighted by Gasteiger charge is 2.34. The molecule has 124 valence electrons.